The highest BCUT2D eigenvalue weighted by atomic mass is 127. The number of alkyl halides is 3. The van der Waals surface area contributed by atoms with Crippen LogP contribution in [0.2, 0.25) is 0 Å². The van der Waals surface area contributed by atoms with Crippen LogP contribution in [-0.2, 0) is 0 Å². The van der Waals surface area contributed by atoms with Crippen LogP contribution >= 0.6 is 22.6 Å². The van der Waals surface area contributed by atoms with Crippen LogP contribution < -0.4 is 11.1 Å². The highest BCUT2D eigenvalue weighted by molar-refractivity contribution is 14.1. The Hall–Kier alpha value is -0.730. The zero-order valence-corrected chi connectivity index (χ0v) is 9.06. The van der Waals surface area contributed by atoms with Gasteiger partial charge in [-0.25, -0.2) is 4.98 Å². The van der Waals surface area contributed by atoms with Crippen molar-refractivity contribution in [3.63, 3.8) is 0 Å². The highest BCUT2D eigenvalue weighted by Gasteiger charge is 2.26. The van der Waals surface area contributed by atoms with E-state index in [4.69, 9.17) is 5.73 Å². The molecule has 1 heterocycles. The van der Waals surface area contributed by atoms with Gasteiger partial charge in [0.25, 0.3) is 0 Å². The normalized spacial score (nSPS) is 11.4. The number of anilines is 2. The Kier molecular flexibility index (Phi) is 3.40. The molecule has 1 aromatic rings. The Balaban J connectivity index is 2.72. The maximum atomic E-state index is 11.9. The Morgan fingerprint density at radius 3 is 2.71 bits per heavy atom. The lowest BCUT2D eigenvalue weighted by Crippen LogP contribution is -2.21. The van der Waals surface area contributed by atoms with Crippen LogP contribution in [0.25, 0.3) is 0 Å². The van der Waals surface area contributed by atoms with Gasteiger partial charge in [-0.05, 0) is 22.6 Å². The van der Waals surface area contributed by atoms with Gasteiger partial charge in [0.2, 0.25) is 0 Å². The number of hydrogen-bond donors (Lipinski definition) is 2. The minimum atomic E-state index is -4.24. The van der Waals surface area contributed by atoms with Crippen molar-refractivity contribution in [2.24, 2.45) is 0 Å². The predicted molar refractivity (Wildman–Crippen MR) is 55.9 cm³/mol. The molecule has 0 radical (unpaired) electrons. The number of halogens is 4. The quantitative estimate of drug-likeness (QED) is 0.823. The molecule has 3 nitrogen and oxygen atoms in total. The van der Waals surface area contributed by atoms with Crippen LogP contribution in [0.1, 0.15) is 0 Å². The molecular weight excluding hydrogens is 310 g/mol. The largest absolute Gasteiger partial charge is 0.405 e. The van der Waals surface area contributed by atoms with Crippen LogP contribution in [0, 0.1) is 3.57 Å². The summed E-state index contributed by atoms with van der Waals surface area (Å²) < 4.78 is 36.2. The lowest BCUT2D eigenvalue weighted by Gasteiger charge is -2.10. The second kappa shape index (κ2) is 4.20. The molecule has 0 amide bonds. The first-order valence-corrected chi connectivity index (χ1v) is 4.68. The summed E-state index contributed by atoms with van der Waals surface area (Å²) in [4.78, 5) is 3.73. The highest BCUT2D eigenvalue weighted by Crippen LogP contribution is 2.21. The summed E-state index contributed by atoms with van der Waals surface area (Å²) in [5.74, 6) is 0.190. The summed E-state index contributed by atoms with van der Waals surface area (Å²) in [6, 6.07) is 1.37. The molecule has 78 valence electrons. The maximum absolute atomic E-state index is 11.9. The third-order valence-electron chi connectivity index (χ3n) is 1.36. The summed E-state index contributed by atoms with van der Waals surface area (Å²) in [6.07, 6.45) is -2.82. The fourth-order valence-corrected chi connectivity index (χ4v) is 1.27. The lowest BCUT2D eigenvalue weighted by molar-refractivity contribution is -0.115. The first kappa shape index (κ1) is 11.3. The summed E-state index contributed by atoms with van der Waals surface area (Å²) in [5.41, 5.74) is 5.67. The monoisotopic (exact) mass is 317 g/mol. The molecule has 7 heteroatoms. The molecular formula is C7H7F3IN3. The Labute approximate surface area is 92.0 Å². The van der Waals surface area contributed by atoms with Gasteiger partial charge in [-0.3, -0.25) is 0 Å². The third-order valence-corrected chi connectivity index (χ3v) is 2.22. The molecule has 3 N–H and O–H groups in total. The number of nitrogens with two attached hydrogens (primary N) is 1. The average molecular weight is 317 g/mol. The van der Waals surface area contributed by atoms with Crippen molar-refractivity contribution >= 4 is 34.1 Å². The van der Waals surface area contributed by atoms with Crippen LogP contribution in [0.15, 0.2) is 12.3 Å². The Bertz CT molecular complexity index is 326. The molecule has 1 rings (SSSR count). The second-order valence-corrected chi connectivity index (χ2v) is 3.72. The van der Waals surface area contributed by atoms with Crippen LogP contribution in [0.4, 0.5) is 24.7 Å². The van der Waals surface area contributed by atoms with Crippen LogP contribution in [0.5, 0.6) is 0 Å². The van der Waals surface area contributed by atoms with Gasteiger partial charge in [0.1, 0.15) is 12.4 Å². The lowest BCUT2D eigenvalue weighted by atomic mass is 10.4. The number of nitrogens with one attached hydrogen (secondary N) is 1. The van der Waals surface area contributed by atoms with E-state index in [2.05, 4.69) is 10.3 Å². The van der Waals surface area contributed by atoms with E-state index in [0.29, 0.717) is 9.26 Å². The average Bonchev–Trinajstić information content (AvgIpc) is 2.05. The zero-order valence-electron chi connectivity index (χ0n) is 6.90. The van der Waals surface area contributed by atoms with E-state index >= 15 is 0 Å². The minimum absolute atomic E-state index is 0.190. The molecule has 0 aliphatic heterocycles. The van der Waals surface area contributed by atoms with Crippen molar-refractivity contribution in [1.29, 1.82) is 0 Å². The minimum Gasteiger partial charge on any atom is -0.384 e. The molecule has 0 fully saturated rings. The topological polar surface area (TPSA) is 50.9 Å². The van der Waals surface area contributed by atoms with Gasteiger partial charge in [-0.2, -0.15) is 13.2 Å². The van der Waals surface area contributed by atoms with E-state index in [-0.39, 0.29) is 5.82 Å². The van der Waals surface area contributed by atoms with E-state index < -0.39 is 12.7 Å². The van der Waals surface area contributed by atoms with Crippen LogP contribution in [0.3, 0.4) is 0 Å². The number of rotatable bonds is 2. The molecule has 14 heavy (non-hydrogen) atoms. The fraction of sp³-hybridized carbons (Fsp3) is 0.286. The van der Waals surface area contributed by atoms with Crippen LogP contribution in [-0.4, -0.2) is 17.7 Å². The molecule has 1 aromatic heterocycles. The third kappa shape index (κ3) is 3.56. The molecule has 0 aromatic carbocycles. The Morgan fingerprint density at radius 2 is 2.14 bits per heavy atom. The summed E-state index contributed by atoms with van der Waals surface area (Å²) >= 11 is 1.88. The maximum Gasteiger partial charge on any atom is 0.405 e. The SMILES string of the molecule is Nc1cc(NCC(F)(F)F)c(I)cn1. The standard InChI is InChI=1S/C7H7F3IN3/c8-7(9,10)3-14-5-1-6(12)13-2-4(5)11/h1-2H,3H2,(H3,12,13,14). The van der Waals surface area contributed by atoms with E-state index in [1.54, 1.807) is 0 Å². The number of pyridine rings is 1. The molecule has 0 atom stereocenters. The van der Waals surface area contributed by atoms with E-state index in [9.17, 15) is 13.2 Å². The van der Waals surface area contributed by atoms with Gasteiger partial charge >= 0.3 is 6.18 Å². The van der Waals surface area contributed by atoms with Crippen molar-refractivity contribution in [3.05, 3.63) is 15.8 Å². The predicted octanol–water partition coefficient (Wildman–Crippen LogP) is 2.24. The van der Waals surface area contributed by atoms with Gasteiger partial charge in [0, 0.05) is 12.3 Å². The molecule has 0 unspecified atom stereocenters. The number of aromatic nitrogens is 1. The molecule has 0 saturated carbocycles. The van der Waals surface area contributed by atoms with Gasteiger partial charge < -0.3 is 11.1 Å². The molecule has 0 bridgehead atoms. The number of hydrogen-bond acceptors (Lipinski definition) is 3. The van der Waals surface area contributed by atoms with Gasteiger partial charge in [-0.15, -0.1) is 0 Å². The second-order valence-electron chi connectivity index (χ2n) is 2.56. The van der Waals surface area contributed by atoms with E-state index in [0.717, 1.165) is 0 Å². The zero-order chi connectivity index (χ0) is 10.8. The Morgan fingerprint density at radius 1 is 1.50 bits per heavy atom. The van der Waals surface area contributed by atoms with Crippen molar-refractivity contribution in [2.75, 3.05) is 17.6 Å². The first-order valence-electron chi connectivity index (χ1n) is 3.60. The van der Waals surface area contributed by atoms with E-state index in [1.807, 2.05) is 22.6 Å². The fourth-order valence-electron chi connectivity index (χ4n) is 0.786. The molecule has 0 aliphatic rings. The summed E-state index contributed by atoms with van der Waals surface area (Å²) in [5, 5.41) is 2.24. The number of nitrogen functional groups attached to an aromatic ring is 1. The van der Waals surface area contributed by atoms with Gasteiger partial charge in [0.15, 0.2) is 0 Å². The molecule has 0 spiro atoms. The van der Waals surface area contributed by atoms with Gasteiger partial charge in [-0.1, -0.05) is 0 Å². The first-order chi connectivity index (χ1) is 6.38. The summed E-state index contributed by atoms with van der Waals surface area (Å²) in [7, 11) is 0. The smallest absolute Gasteiger partial charge is 0.384 e. The van der Waals surface area contributed by atoms with Crippen molar-refractivity contribution in [1.82, 2.24) is 4.98 Å². The summed E-state index contributed by atoms with van der Waals surface area (Å²) in [6.45, 7) is -1.08. The van der Waals surface area contributed by atoms with Crippen molar-refractivity contribution < 1.29 is 13.2 Å². The molecule has 0 aliphatic carbocycles. The molecule has 0 saturated heterocycles. The van der Waals surface area contributed by atoms with Crippen molar-refractivity contribution in [3.8, 4) is 0 Å². The van der Waals surface area contributed by atoms with Gasteiger partial charge in [0.05, 0.1) is 9.26 Å². The van der Waals surface area contributed by atoms with E-state index in [1.165, 1.54) is 12.3 Å². The number of nitrogens with zero attached hydrogens (tertiary/aromatic N) is 1. The van der Waals surface area contributed by atoms with Crippen molar-refractivity contribution in [2.45, 2.75) is 6.18 Å².